The maximum absolute atomic E-state index is 14.2. The summed E-state index contributed by atoms with van der Waals surface area (Å²) >= 11 is 0. The third-order valence-electron chi connectivity index (χ3n) is 10.6. The number of phenolic OH excluding ortho intramolecular Hbond substituents is 1. The molecule has 0 saturated carbocycles. The molecule has 2 heterocycles. The highest BCUT2D eigenvalue weighted by Crippen LogP contribution is 2.47. The summed E-state index contributed by atoms with van der Waals surface area (Å²) < 4.78 is 6.17. The first-order valence-electron chi connectivity index (χ1n) is 17.7. The quantitative estimate of drug-likeness (QED) is 0.152. The number of carbonyl (C=O) groups excluding carboxylic acids is 2. The molecule has 2 amide bonds. The Balaban J connectivity index is 1.21. The number of rotatable bonds is 13. The van der Waals surface area contributed by atoms with Crippen LogP contribution in [0.3, 0.4) is 0 Å². The van der Waals surface area contributed by atoms with Crippen LogP contribution in [0, 0.1) is 17.8 Å². The van der Waals surface area contributed by atoms with Crippen LogP contribution in [0.15, 0.2) is 102 Å². The molecule has 2 saturated heterocycles. The molecule has 0 radical (unpaired) electrons. The monoisotopic (exact) mass is 664 g/mol. The normalized spacial score (nSPS) is 22.8. The van der Waals surface area contributed by atoms with Gasteiger partial charge in [-0.05, 0) is 73.4 Å². The van der Waals surface area contributed by atoms with Gasteiger partial charge in [-0.15, -0.1) is 0 Å². The highest BCUT2D eigenvalue weighted by atomic mass is 16.5. The van der Waals surface area contributed by atoms with Gasteiger partial charge in [0.15, 0.2) is 0 Å². The predicted octanol–water partition coefficient (Wildman–Crippen LogP) is 5.98. The largest absolute Gasteiger partial charge is 0.507 e. The smallest absolute Gasteiger partial charge is 0.234 e. The van der Waals surface area contributed by atoms with Crippen LogP contribution in [0.1, 0.15) is 56.6 Å². The molecule has 258 valence electrons. The molecule has 0 unspecified atom stereocenters. The lowest BCUT2D eigenvalue weighted by molar-refractivity contribution is -0.144. The number of para-hydroxylation sites is 2. The van der Waals surface area contributed by atoms with E-state index in [-0.39, 0.29) is 36.8 Å². The van der Waals surface area contributed by atoms with Crippen LogP contribution < -0.4 is 4.74 Å². The van der Waals surface area contributed by atoms with E-state index in [1.807, 2.05) is 73.7 Å². The number of fused-ring (bicyclic) bond motifs is 1. The van der Waals surface area contributed by atoms with Crippen LogP contribution in [0.4, 0.5) is 0 Å². The Bertz CT molecular complexity index is 1650. The number of nitrogens with zero attached hydrogens (tertiary/aromatic N) is 2. The van der Waals surface area contributed by atoms with Gasteiger partial charge in [0.1, 0.15) is 18.1 Å². The lowest BCUT2D eigenvalue weighted by Gasteiger charge is -2.37. The van der Waals surface area contributed by atoms with E-state index < -0.39 is 23.9 Å². The molecule has 6 rings (SSSR count). The highest BCUT2D eigenvalue weighted by molar-refractivity contribution is 6.06. The number of aromatic hydroxyl groups is 1. The van der Waals surface area contributed by atoms with Crippen molar-refractivity contribution in [2.75, 3.05) is 26.3 Å². The van der Waals surface area contributed by atoms with Gasteiger partial charge in [-0.3, -0.25) is 19.4 Å². The van der Waals surface area contributed by atoms with Crippen LogP contribution in [0.5, 0.6) is 11.5 Å². The van der Waals surface area contributed by atoms with Crippen molar-refractivity contribution in [3.8, 4) is 11.5 Å². The highest BCUT2D eigenvalue weighted by Gasteiger charge is 2.56. The van der Waals surface area contributed by atoms with Crippen LogP contribution in [0.25, 0.3) is 6.08 Å². The fourth-order valence-electron chi connectivity index (χ4n) is 8.00. The van der Waals surface area contributed by atoms with Gasteiger partial charge in [0, 0.05) is 37.2 Å². The third-order valence-corrected chi connectivity index (χ3v) is 10.6. The minimum Gasteiger partial charge on any atom is -0.507 e. The molecule has 2 aliphatic heterocycles. The number of piperidine rings is 1. The molecule has 3 aromatic carbocycles. The summed E-state index contributed by atoms with van der Waals surface area (Å²) in [6.45, 7) is 4.28. The van der Waals surface area contributed by atoms with Crippen molar-refractivity contribution in [1.29, 1.82) is 0 Å². The second kappa shape index (κ2) is 16.0. The van der Waals surface area contributed by atoms with E-state index in [1.165, 1.54) is 10.5 Å². The lowest BCUT2D eigenvalue weighted by Crippen LogP contribution is -2.47. The van der Waals surface area contributed by atoms with Crippen molar-refractivity contribution in [3.05, 3.63) is 113 Å². The number of allylic oxidation sites excluding steroid dienone is 1. The summed E-state index contributed by atoms with van der Waals surface area (Å²) in [5, 5.41) is 33.0. The number of likely N-dealkylation sites (tertiary alicyclic amines) is 2. The average molecular weight is 665 g/mol. The standard InChI is InChI=1S/C41H48N2O6/c1-2-28(23-30-13-9-10-16-36(30)45)17-18-37(46)38-31(27-49-33-14-7-4-8-15-33)24-34-39(35(38)26-44)41(48)43(40(34)47)32-19-21-42(22-20-32)25-29-11-5-3-6-12-29/h3-16,23,32,34-35,37,39,44-46H,2,17-22,24-27H2,1H3/b28-23+/t34-,35+,37-,39-/m1/s1. The number of phenols is 1. The number of ether oxygens (including phenoxy) is 1. The number of hydrogen-bond donors (Lipinski definition) is 3. The topological polar surface area (TPSA) is 111 Å². The molecule has 3 N–H and O–H groups in total. The number of carbonyl (C=O) groups is 2. The first-order valence-corrected chi connectivity index (χ1v) is 17.7. The summed E-state index contributed by atoms with van der Waals surface area (Å²) in [5.74, 6) is -1.52. The fourth-order valence-corrected chi connectivity index (χ4v) is 8.00. The van der Waals surface area contributed by atoms with E-state index in [1.54, 1.807) is 12.1 Å². The zero-order valence-corrected chi connectivity index (χ0v) is 28.3. The maximum Gasteiger partial charge on any atom is 0.234 e. The zero-order valence-electron chi connectivity index (χ0n) is 28.3. The number of benzene rings is 3. The fraction of sp³-hybridized carbons (Fsp3) is 0.415. The summed E-state index contributed by atoms with van der Waals surface area (Å²) in [4.78, 5) is 32.2. The molecule has 3 aromatic rings. The molecule has 0 aromatic heterocycles. The Kier molecular flexibility index (Phi) is 11.3. The van der Waals surface area contributed by atoms with Crippen LogP contribution in [0.2, 0.25) is 0 Å². The Morgan fingerprint density at radius 1 is 0.939 bits per heavy atom. The van der Waals surface area contributed by atoms with Gasteiger partial charge in [-0.2, -0.15) is 0 Å². The number of aliphatic hydroxyl groups excluding tert-OH is 2. The summed E-state index contributed by atoms with van der Waals surface area (Å²) in [6.07, 6.45) is 4.43. The second-order valence-electron chi connectivity index (χ2n) is 13.6. The molecule has 1 aliphatic carbocycles. The predicted molar refractivity (Wildman–Crippen MR) is 189 cm³/mol. The van der Waals surface area contributed by atoms with Crippen molar-refractivity contribution in [1.82, 2.24) is 9.80 Å². The molecular weight excluding hydrogens is 616 g/mol. The molecule has 49 heavy (non-hydrogen) atoms. The first kappa shape index (κ1) is 34.6. The van der Waals surface area contributed by atoms with E-state index in [9.17, 15) is 24.9 Å². The Hall–Kier alpha value is -4.24. The van der Waals surface area contributed by atoms with Crippen LogP contribution >= 0.6 is 0 Å². The van der Waals surface area contributed by atoms with Crippen molar-refractivity contribution in [2.24, 2.45) is 17.8 Å². The van der Waals surface area contributed by atoms with Gasteiger partial charge in [0.25, 0.3) is 0 Å². The van der Waals surface area contributed by atoms with Crippen molar-refractivity contribution >= 4 is 17.9 Å². The van der Waals surface area contributed by atoms with Crippen LogP contribution in [-0.2, 0) is 16.1 Å². The van der Waals surface area contributed by atoms with Gasteiger partial charge in [0.05, 0.1) is 24.5 Å². The summed E-state index contributed by atoms with van der Waals surface area (Å²) in [6, 6.07) is 26.7. The summed E-state index contributed by atoms with van der Waals surface area (Å²) in [5.41, 5.74) is 4.43. The Labute approximate surface area is 289 Å². The van der Waals surface area contributed by atoms with Gasteiger partial charge in [-0.1, -0.05) is 85.3 Å². The SMILES string of the molecule is CC/C(=C\c1ccccc1O)CC[C@@H](O)C1=C(COc2ccccc2)C[C@H]2C(=O)N(C3CCN(Cc4ccccc4)CC3)C(=O)[C@H]2[C@H]1CO. The number of aliphatic hydroxyl groups is 2. The van der Waals surface area contributed by atoms with Crippen LogP contribution in [-0.4, -0.2) is 75.4 Å². The van der Waals surface area contributed by atoms with Gasteiger partial charge >= 0.3 is 0 Å². The zero-order chi connectivity index (χ0) is 34.3. The van der Waals surface area contributed by atoms with E-state index in [0.29, 0.717) is 43.4 Å². The second-order valence-corrected chi connectivity index (χ2v) is 13.6. The Morgan fingerprint density at radius 3 is 2.29 bits per heavy atom. The number of imide groups is 1. The molecule has 0 bridgehead atoms. The lowest BCUT2D eigenvalue weighted by atomic mass is 9.68. The number of amides is 2. The van der Waals surface area contributed by atoms with E-state index in [0.717, 1.165) is 42.8 Å². The van der Waals surface area contributed by atoms with E-state index in [2.05, 4.69) is 17.0 Å². The van der Waals surface area contributed by atoms with Crippen molar-refractivity contribution in [2.45, 2.75) is 64.1 Å². The maximum atomic E-state index is 14.2. The molecule has 0 spiro atoms. The van der Waals surface area contributed by atoms with Crippen molar-refractivity contribution < 1.29 is 29.6 Å². The first-order chi connectivity index (χ1) is 23.9. The van der Waals surface area contributed by atoms with Gasteiger partial charge < -0.3 is 20.1 Å². The minimum absolute atomic E-state index is 0.157. The summed E-state index contributed by atoms with van der Waals surface area (Å²) in [7, 11) is 0. The molecule has 4 atom stereocenters. The Morgan fingerprint density at radius 2 is 1.61 bits per heavy atom. The molecule has 8 heteroatoms. The molecular formula is C41H48N2O6. The van der Waals surface area contributed by atoms with Gasteiger partial charge in [0.2, 0.25) is 11.8 Å². The van der Waals surface area contributed by atoms with Crippen molar-refractivity contribution in [3.63, 3.8) is 0 Å². The molecule has 3 aliphatic rings. The molecule has 8 nitrogen and oxygen atoms in total. The van der Waals surface area contributed by atoms with E-state index in [4.69, 9.17) is 4.74 Å². The average Bonchev–Trinajstić information content (AvgIpc) is 3.38. The van der Waals surface area contributed by atoms with Gasteiger partial charge in [-0.25, -0.2) is 0 Å². The molecule has 2 fully saturated rings. The number of hydrogen-bond acceptors (Lipinski definition) is 7. The van der Waals surface area contributed by atoms with E-state index >= 15 is 0 Å². The third kappa shape index (κ3) is 7.82. The minimum atomic E-state index is -0.940.